The van der Waals surface area contributed by atoms with Crippen LogP contribution in [-0.4, -0.2) is 27.8 Å². The van der Waals surface area contributed by atoms with Crippen molar-refractivity contribution in [3.63, 3.8) is 0 Å². The minimum atomic E-state index is -1.25. The molecule has 0 radical (unpaired) electrons. The molecule has 1 aliphatic carbocycles. The Labute approximate surface area is 151 Å². The molecule has 25 heavy (non-hydrogen) atoms. The molecule has 4 atom stereocenters. The maximum atomic E-state index is 12.9. The van der Waals surface area contributed by atoms with Crippen molar-refractivity contribution in [1.82, 2.24) is 5.32 Å². The monoisotopic (exact) mass is 347 g/mol. The van der Waals surface area contributed by atoms with E-state index in [1.54, 1.807) is 12.1 Å². The van der Waals surface area contributed by atoms with Crippen LogP contribution in [0.4, 0.5) is 0 Å². The molecule has 0 bridgehead atoms. The topological polar surface area (TPSA) is 69.6 Å². The molecule has 2 rings (SSSR count). The Morgan fingerprint density at radius 1 is 1.24 bits per heavy atom. The van der Waals surface area contributed by atoms with E-state index in [-0.39, 0.29) is 29.5 Å². The summed E-state index contributed by atoms with van der Waals surface area (Å²) in [7, 11) is 0. The van der Waals surface area contributed by atoms with Crippen molar-refractivity contribution in [2.75, 3.05) is 0 Å². The van der Waals surface area contributed by atoms with Gasteiger partial charge in [0.25, 0.3) is 5.91 Å². The fourth-order valence-electron chi connectivity index (χ4n) is 4.10. The van der Waals surface area contributed by atoms with Crippen LogP contribution in [0.3, 0.4) is 0 Å². The smallest absolute Gasteiger partial charge is 0.252 e. The van der Waals surface area contributed by atoms with Crippen LogP contribution in [0.25, 0.3) is 0 Å². The maximum absolute atomic E-state index is 12.9. The lowest BCUT2D eigenvalue weighted by Crippen LogP contribution is -2.57. The number of carbonyl (C=O) groups excluding carboxylic acids is 1. The molecule has 1 aliphatic rings. The van der Waals surface area contributed by atoms with Crippen LogP contribution < -0.4 is 5.32 Å². The zero-order valence-corrected chi connectivity index (χ0v) is 16.0. The molecule has 0 heterocycles. The molecule has 0 aromatic heterocycles. The second-order valence-electron chi connectivity index (χ2n) is 8.24. The van der Waals surface area contributed by atoms with Crippen molar-refractivity contribution in [3.8, 4) is 5.75 Å². The molecule has 3 N–H and O–H groups in total. The van der Waals surface area contributed by atoms with Gasteiger partial charge in [-0.3, -0.25) is 4.79 Å². The van der Waals surface area contributed by atoms with Crippen LogP contribution in [0.1, 0.15) is 58.9 Å². The third kappa shape index (κ3) is 4.97. The van der Waals surface area contributed by atoms with E-state index < -0.39 is 5.60 Å². The number of hydrogen-bond acceptors (Lipinski definition) is 3. The van der Waals surface area contributed by atoms with E-state index >= 15 is 0 Å². The number of amides is 1. The fraction of sp³-hybridized carbons (Fsp3) is 0.667. The summed E-state index contributed by atoms with van der Waals surface area (Å²) in [4.78, 5) is 12.9. The van der Waals surface area contributed by atoms with E-state index in [1.807, 2.05) is 19.1 Å². The quantitative estimate of drug-likeness (QED) is 0.735. The van der Waals surface area contributed by atoms with E-state index in [0.29, 0.717) is 12.3 Å². The van der Waals surface area contributed by atoms with Crippen molar-refractivity contribution in [3.05, 3.63) is 29.8 Å². The lowest BCUT2D eigenvalue weighted by atomic mass is 9.66. The average molecular weight is 347 g/mol. The second-order valence-corrected chi connectivity index (χ2v) is 8.24. The number of aliphatic hydroxyl groups is 1. The van der Waals surface area contributed by atoms with Crippen LogP contribution in [0.2, 0.25) is 0 Å². The molecule has 1 amide bonds. The van der Waals surface area contributed by atoms with Crippen molar-refractivity contribution in [2.24, 2.45) is 17.8 Å². The van der Waals surface area contributed by atoms with Crippen LogP contribution in [0.15, 0.2) is 24.3 Å². The molecule has 1 aromatic rings. The van der Waals surface area contributed by atoms with Gasteiger partial charge in [0.2, 0.25) is 0 Å². The number of aromatic hydroxyl groups is 1. The van der Waals surface area contributed by atoms with Gasteiger partial charge in [-0.05, 0) is 68.1 Å². The maximum Gasteiger partial charge on any atom is 0.252 e. The summed E-state index contributed by atoms with van der Waals surface area (Å²) >= 11 is 0. The first-order valence-electron chi connectivity index (χ1n) is 9.53. The van der Waals surface area contributed by atoms with Gasteiger partial charge in [0.1, 0.15) is 11.4 Å². The van der Waals surface area contributed by atoms with Crippen molar-refractivity contribution in [2.45, 2.75) is 71.4 Å². The van der Waals surface area contributed by atoms with Crippen molar-refractivity contribution >= 4 is 5.91 Å². The van der Waals surface area contributed by atoms with E-state index in [4.69, 9.17) is 0 Å². The number of phenolic OH excluding ortho intramolecular Hbond substituents is 1. The number of hydrogen-bond donors (Lipinski definition) is 3. The number of rotatable bonds is 6. The molecule has 0 saturated heterocycles. The van der Waals surface area contributed by atoms with E-state index in [9.17, 15) is 15.0 Å². The highest BCUT2D eigenvalue weighted by Crippen LogP contribution is 2.41. The number of phenols is 1. The van der Waals surface area contributed by atoms with Crippen LogP contribution in [0, 0.1) is 17.8 Å². The minimum absolute atomic E-state index is 0.00428. The Hall–Kier alpha value is -1.55. The first-order valence-corrected chi connectivity index (χ1v) is 9.53. The summed E-state index contributed by atoms with van der Waals surface area (Å²) in [5.74, 6) is 0.732. The first kappa shape index (κ1) is 19.8. The second kappa shape index (κ2) is 8.22. The van der Waals surface area contributed by atoms with Gasteiger partial charge in [-0.25, -0.2) is 0 Å². The first-order chi connectivity index (χ1) is 11.7. The molecular formula is C21H33NO3. The van der Waals surface area contributed by atoms with Crippen LogP contribution >= 0.6 is 0 Å². The molecule has 2 unspecified atom stereocenters. The summed E-state index contributed by atoms with van der Waals surface area (Å²) in [5, 5.41) is 23.5. The molecule has 1 saturated carbocycles. The Morgan fingerprint density at radius 2 is 1.88 bits per heavy atom. The number of carbonyl (C=O) groups is 1. The Morgan fingerprint density at radius 3 is 2.48 bits per heavy atom. The van der Waals surface area contributed by atoms with Gasteiger partial charge in [-0.1, -0.05) is 39.3 Å². The molecule has 4 heteroatoms. The third-order valence-corrected chi connectivity index (χ3v) is 5.62. The highest BCUT2D eigenvalue weighted by molar-refractivity contribution is 5.85. The average Bonchev–Trinajstić information content (AvgIpc) is 2.53. The highest BCUT2D eigenvalue weighted by atomic mass is 16.3. The van der Waals surface area contributed by atoms with Gasteiger partial charge in [0.05, 0.1) is 0 Å². The van der Waals surface area contributed by atoms with Gasteiger partial charge < -0.3 is 15.5 Å². The van der Waals surface area contributed by atoms with Gasteiger partial charge in [-0.15, -0.1) is 0 Å². The number of aryl methyl sites for hydroxylation is 1. The fourth-order valence-corrected chi connectivity index (χ4v) is 4.10. The van der Waals surface area contributed by atoms with Gasteiger partial charge in [0, 0.05) is 6.04 Å². The normalized spacial score (nSPS) is 27.9. The summed E-state index contributed by atoms with van der Waals surface area (Å²) < 4.78 is 0. The summed E-state index contributed by atoms with van der Waals surface area (Å²) in [6.45, 7) is 8.28. The minimum Gasteiger partial charge on any atom is -0.508 e. The number of benzene rings is 1. The lowest BCUT2D eigenvalue weighted by Gasteiger charge is -2.43. The lowest BCUT2D eigenvalue weighted by molar-refractivity contribution is -0.156. The highest BCUT2D eigenvalue weighted by Gasteiger charge is 2.48. The van der Waals surface area contributed by atoms with Crippen molar-refractivity contribution < 1.29 is 15.0 Å². The summed E-state index contributed by atoms with van der Waals surface area (Å²) in [5.41, 5.74) is -0.123. The zero-order chi connectivity index (χ0) is 18.6. The number of nitrogens with one attached hydrogen (secondary N) is 1. The van der Waals surface area contributed by atoms with Crippen LogP contribution in [0.5, 0.6) is 5.75 Å². The predicted molar refractivity (Wildman–Crippen MR) is 100 cm³/mol. The SMILES string of the molecule is CC1CCC(C(C)C)[C@@](O)(C(=O)N[C@@H](C)CCc2ccc(O)cc2)C1. The molecule has 1 fully saturated rings. The van der Waals surface area contributed by atoms with Crippen LogP contribution in [-0.2, 0) is 11.2 Å². The van der Waals surface area contributed by atoms with Gasteiger partial charge in [0.15, 0.2) is 0 Å². The van der Waals surface area contributed by atoms with Gasteiger partial charge in [-0.2, -0.15) is 0 Å². The molecule has 0 aliphatic heterocycles. The Balaban J connectivity index is 1.95. The van der Waals surface area contributed by atoms with E-state index in [1.165, 1.54) is 0 Å². The zero-order valence-electron chi connectivity index (χ0n) is 16.0. The Bertz CT molecular complexity index is 569. The van der Waals surface area contributed by atoms with Crippen molar-refractivity contribution in [1.29, 1.82) is 0 Å². The third-order valence-electron chi connectivity index (χ3n) is 5.62. The molecule has 1 aromatic carbocycles. The van der Waals surface area contributed by atoms with Gasteiger partial charge >= 0.3 is 0 Å². The summed E-state index contributed by atoms with van der Waals surface area (Å²) in [6.07, 6.45) is 4.16. The standard InChI is InChI=1S/C21H33NO3/c1-14(2)19-12-5-15(3)13-21(19,25)20(24)22-16(4)6-7-17-8-10-18(23)11-9-17/h8-11,14-16,19,23,25H,5-7,12-13H2,1-4H3,(H,22,24)/t15?,16-,19?,21+/m0/s1. The molecule has 0 spiro atoms. The van der Waals surface area contributed by atoms with E-state index in [2.05, 4.69) is 26.1 Å². The predicted octanol–water partition coefficient (Wildman–Crippen LogP) is 3.65. The van der Waals surface area contributed by atoms with E-state index in [0.717, 1.165) is 31.2 Å². The largest absolute Gasteiger partial charge is 0.508 e. The molecule has 140 valence electrons. The Kier molecular flexibility index (Phi) is 6.50. The summed E-state index contributed by atoms with van der Waals surface area (Å²) in [6, 6.07) is 7.15. The molecule has 4 nitrogen and oxygen atoms in total. The molecular weight excluding hydrogens is 314 g/mol.